The van der Waals surface area contributed by atoms with Crippen LogP contribution in [-0.2, 0) is 0 Å². The van der Waals surface area contributed by atoms with Gasteiger partial charge in [-0.05, 0) is 32.6 Å². The summed E-state index contributed by atoms with van der Waals surface area (Å²) in [7, 11) is 2.01. The van der Waals surface area contributed by atoms with Crippen molar-refractivity contribution in [3.05, 3.63) is 23.8 Å². The van der Waals surface area contributed by atoms with Crippen molar-refractivity contribution >= 4 is 11.6 Å². The average Bonchev–Trinajstić information content (AvgIpc) is 2.38. The maximum Gasteiger partial charge on any atom is 0.251 e. The number of ether oxygens (including phenoxy) is 1. The Balaban J connectivity index is 2.61. The first-order valence-corrected chi connectivity index (χ1v) is 6.57. The Labute approximate surface area is 114 Å². The molecule has 1 rings (SSSR count). The second-order valence-corrected chi connectivity index (χ2v) is 4.38. The van der Waals surface area contributed by atoms with Gasteiger partial charge in [-0.15, -0.1) is 0 Å². The number of amides is 1. The molecule has 0 unspecified atom stereocenters. The minimum Gasteiger partial charge on any atom is -0.494 e. The number of anilines is 1. The smallest absolute Gasteiger partial charge is 0.251 e. The van der Waals surface area contributed by atoms with Crippen molar-refractivity contribution in [1.29, 1.82) is 0 Å². The highest BCUT2D eigenvalue weighted by molar-refractivity contribution is 5.95. The summed E-state index contributed by atoms with van der Waals surface area (Å²) in [4.78, 5) is 14.1. The fraction of sp³-hybridized carbons (Fsp3) is 0.500. The number of hydrogen-bond acceptors (Lipinski definition) is 4. The molecule has 0 radical (unpaired) electrons. The van der Waals surface area contributed by atoms with E-state index in [0.29, 0.717) is 30.2 Å². The van der Waals surface area contributed by atoms with Crippen molar-refractivity contribution in [3.63, 3.8) is 0 Å². The van der Waals surface area contributed by atoms with Crippen LogP contribution in [0.2, 0.25) is 0 Å². The van der Waals surface area contributed by atoms with Gasteiger partial charge in [0.05, 0.1) is 6.61 Å². The highest BCUT2D eigenvalue weighted by Crippen LogP contribution is 2.18. The number of nitrogens with one attached hydrogen (secondary N) is 1. The molecular formula is C14H23N3O2. The third kappa shape index (κ3) is 5.18. The van der Waals surface area contributed by atoms with Gasteiger partial charge in [-0.25, -0.2) is 0 Å². The zero-order chi connectivity index (χ0) is 14.3. The molecule has 0 saturated carbocycles. The standard InChI is InChI=1S/C14H23N3O2/c1-4-17(3)7-6-16-14(18)11-8-12(15)10-13(9-11)19-5-2/h8-10H,4-7,15H2,1-3H3,(H,16,18). The first kappa shape index (κ1) is 15.3. The van der Waals surface area contributed by atoms with E-state index in [1.54, 1.807) is 18.2 Å². The molecule has 1 aromatic rings. The van der Waals surface area contributed by atoms with Crippen LogP contribution in [0, 0.1) is 0 Å². The van der Waals surface area contributed by atoms with Gasteiger partial charge >= 0.3 is 0 Å². The molecule has 1 aromatic carbocycles. The highest BCUT2D eigenvalue weighted by atomic mass is 16.5. The fourth-order valence-corrected chi connectivity index (χ4v) is 1.62. The SMILES string of the molecule is CCOc1cc(N)cc(C(=O)NCCN(C)CC)c1. The number of rotatable bonds is 7. The quantitative estimate of drug-likeness (QED) is 0.730. The molecule has 0 bridgehead atoms. The molecule has 5 heteroatoms. The maximum absolute atomic E-state index is 12.0. The van der Waals surface area contributed by atoms with Crippen LogP contribution in [0.4, 0.5) is 5.69 Å². The Morgan fingerprint density at radius 2 is 2.11 bits per heavy atom. The van der Waals surface area contributed by atoms with Crippen molar-refractivity contribution in [1.82, 2.24) is 10.2 Å². The molecule has 5 nitrogen and oxygen atoms in total. The minimum absolute atomic E-state index is 0.127. The van der Waals surface area contributed by atoms with Gasteiger partial charge in [-0.3, -0.25) is 4.79 Å². The molecule has 3 N–H and O–H groups in total. The zero-order valence-electron chi connectivity index (χ0n) is 11.9. The monoisotopic (exact) mass is 265 g/mol. The molecule has 0 aliphatic rings. The predicted molar refractivity (Wildman–Crippen MR) is 77.5 cm³/mol. The van der Waals surface area contributed by atoms with Crippen LogP contribution >= 0.6 is 0 Å². The van der Waals surface area contributed by atoms with Gasteiger partial charge in [0.2, 0.25) is 0 Å². The Morgan fingerprint density at radius 1 is 1.37 bits per heavy atom. The molecule has 0 spiro atoms. The summed E-state index contributed by atoms with van der Waals surface area (Å²) < 4.78 is 5.37. The van der Waals surface area contributed by atoms with Gasteiger partial charge in [0.1, 0.15) is 5.75 Å². The number of nitrogen functional groups attached to an aromatic ring is 1. The third-order valence-corrected chi connectivity index (χ3v) is 2.82. The van der Waals surface area contributed by atoms with E-state index in [2.05, 4.69) is 17.1 Å². The lowest BCUT2D eigenvalue weighted by atomic mass is 10.1. The van der Waals surface area contributed by atoms with E-state index in [1.807, 2.05) is 14.0 Å². The summed E-state index contributed by atoms with van der Waals surface area (Å²) in [5.74, 6) is 0.496. The lowest BCUT2D eigenvalue weighted by Gasteiger charge is -2.14. The molecule has 0 aliphatic carbocycles. The van der Waals surface area contributed by atoms with Gasteiger partial charge in [-0.1, -0.05) is 6.92 Å². The largest absolute Gasteiger partial charge is 0.494 e. The van der Waals surface area contributed by atoms with Crippen LogP contribution < -0.4 is 15.8 Å². The Bertz CT molecular complexity index is 421. The summed E-state index contributed by atoms with van der Waals surface area (Å²) in [5.41, 5.74) is 6.82. The van der Waals surface area contributed by atoms with E-state index in [0.717, 1.165) is 13.1 Å². The molecule has 0 fully saturated rings. The summed E-state index contributed by atoms with van der Waals surface area (Å²) in [6.07, 6.45) is 0. The Kier molecular flexibility index (Phi) is 6.15. The van der Waals surface area contributed by atoms with Crippen molar-refractivity contribution in [2.24, 2.45) is 0 Å². The molecule has 0 saturated heterocycles. The topological polar surface area (TPSA) is 67.6 Å². The van der Waals surface area contributed by atoms with Gasteiger partial charge in [0.25, 0.3) is 5.91 Å². The van der Waals surface area contributed by atoms with Crippen LogP contribution in [-0.4, -0.2) is 44.1 Å². The van der Waals surface area contributed by atoms with Gasteiger partial charge < -0.3 is 20.7 Å². The second kappa shape index (κ2) is 7.63. The predicted octanol–water partition coefficient (Wildman–Crippen LogP) is 1.35. The highest BCUT2D eigenvalue weighted by Gasteiger charge is 2.08. The molecule has 0 aliphatic heterocycles. The van der Waals surface area contributed by atoms with Crippen molar-refractivity contribution in [2.45, 2.75) is 13.8 Å². The lowest BCUT2D eigenvalue weighted by Crippen LogP contribution is -2.32. The number of likely N-dealkylation sites (N-methyl/N-ethyl adjacent to an activating group) is 1. The first-order valence-electron chi connectivity index (χ1n) is 6.57. The van der Waals surface area contributed by atoms with Crippen LogP contribution in [0.1, 0.15) is 24.2 Å². The Hall–Kier alpha value is -1.75. The summed E-state index contributed by atoms with van der Waals surface area (Å²) >= 11 is 0. The molecule has 19 heavy (non-hydrogen) atoms. The van der Waals surface area contributed by atoms with E-state index >= 15 is 0 Å². The van der Waals surface area contributed by atoms with E-state index < -0.39 is 0 Å². The normalized spacial score (nSPS) is 10.5. The maximum atomic E-state index is 12.0. The molecule has 0 aromatic heterocycles. The fourth-order valence-electron chi connectivity index (χ4n) is 1.62. The zero-order valence-corrected chi connectivity index (χ0v) is 11.9. The van der Waals surface area contributed by atoms with E-state index in [4.69, 9.17) is 10.5 Å². The summed E-state index contributed by atoms with van der Waals surface area (Å²) in [6.45, 7) is 6.91. The second-order valence-electron chi connectivity index (χ2n) is 4.38. The summed E-state index contributed by atoms with van der Waals surface area (Å²) in [5, 5.41) is 2.87. The van der Waals surface area contributed by atoms with Crippen molar-refractivity contribution in [3.8, 4) is 5.75 Å². The number of hydrogen-bond donors (Lipinski definition) is 2. The first-order chi connectivity index (χ1) is 9.06. The molecule has 106 valence electrons. The van der Waals surface area contributed by atoms with Crippen LogP contribution in [0.15, 0.2) is 18.2 Å². The molecule has 0 heterocycles. The number of carbonyl (C=O) groups is 1. The van der Waals surface area contributed by atoms with Gasteiger partial charge in [0, 0.05) is 30.4 Å². The summed E-state index contributed by atoms with van der Waals surface area (Å²) in [6, 6.07) is 5.07. The Morgan fingerprint density at radius 3 is 2.74 bits per heavy atom. The van der Waals surface area contributed by atoms with E-state index in [1.165, 1.54) is 0 Å². The number of nitrogens with two attached hydrogens (primary N) is 1. The molecule has 0 atom stereocenters. The van der Waals surface area contributed by atoms with Crippen LogP contribution in [0.25, 0.3) is 0 Å². The van der Waals surface area contributed by atoms with Crippen molar-refractivity contribution in [2.75, 3.05) is 39.0 Å². The van der Waals surface area contributed by atoms with Gasteiger partial charge in [0.15, 0.2) is 0 Å². The van der Waals surface area contributed by atoms with Crippen LogP contribution in [0.5, 0.6) is 5.75 Å². The number of carbonyl (C=O) groups excluding carboxylic acids is 1. The molecule has 1 amide bonds. The minimum atomic E-state index is -0.127. The van der Waals surface area contributed by atoms with E-state index in [-0.39, 0.29) is 5.91 Å². The van der Waals surface area contributed by atoms with Gasteiger partial charge in [-0.2, -0.15) is 0 Å². The van der Waals surface area contributed by atoms with E-state index in [9.17, 15) is 4.79 Å². The van der Waals surface area contributed by atoms with Crippen molar-refractivity contribution < 1.29 is 9.53 Å². The van der Waals surface area contributed by atoms with Crippen LogP contribution in [0.3, 0.4) is 0 Å². The average molecular weight is 265 g/mol. The lowest BCUT2D eigenvalue weighted by molar-refractivity contribution is 0.0949. The third-order valence-electron chi connectivity index (χ3n) is 2.82. The number of benzene rings is 1. The number of nitrogens with zero attached hydrogens (tertiary/aromatic N) is 1. The molecular weight excluding hydrogens is 242 g/mol.